The quantitative estimate of drug-likeness (QED) is 0.643. The highest BCUT2D eigenvalue weighted by molar-refractivity contribution is 5.69. The van der Waals surface area contributed by atoms with Crippen molar-refractivity contribution in [3.8, 4) is 0 Å². The Balaban J connectivity index is 3.15. The molecule has 0 bridgehead atoms. The van der Waals surface area contributed by atoms with Crippen molar-refractivity contribution in [2.45, 2.75) is 19.5 Å². The summed E-state index contributed by atoms with van der Waals surface area (Å²) in [5.41, 5.74) is -2.15. The molecule has 0 aromatic heterocycles. The third-order valence-corrected chi connectivity index (χ3v) is 2.50. The van der Waals surface area contributed by atoms with Crippen molar-refractivity contribution >= 4 is 17.3 Å². The summed E-state index contributed by atoms with van der Waals surface area (Å²) in [6.45, 7) is 1.05. The third kappa shape index (κ3) is 3.84. The van der Waals surface area contributed by atoms with Gasteiger partial charge in [-0.15, -0.1) is 0 Å². The summed E-state index contributed by atoms with van der Waals surface area (Å²) >= 11 is 0. The van der Waals surface area contributed by atoms with E-state index in [9.17, 15) is 28.1 Å². The normalized spacial score (nSPS) is 11.2. The Morgan fingerprint density at radius 2 is 2.05 bits per heavy atom. The van der Waals surface area contributed by atoms with Gasteiger partial charge in [0.2, 0.25) is 0 Å². The minimum Gasteiger partial charge on any atom is -0.481 e. The Labute approximate surface area is 111 Å². The first kappa shape index (κ1) is 15.7. The molecular formula is C11H11F3N2O4. The molecule has 6 nitrogen and oxygen atoms in total. The highest BCUT2D eigenvalue weighted by atomic mass is 19.4. The lowest BCUT2D eigenvalue weighted by atomic mass is 10.1. The molecule has 0 atom stereocenters. The molecule has 0 radical (unpaired) electrons. The van der Waals surface area contributed by atoms with Crippen LogP contribution in [-0.2, 0) is 11.0 Å². The molecule has 0 spiro atoms. The van der Waals surface area contributed by atoms with Crippen LogP contribution in [0.4, 0.5) is 24.5 Å². The number of nitro benzene ring substituents is 1. The van der Waals surface area contributed by atoms with E-state index in [0.717, 1.165) is 6.07 Å². The molecule has 110 valence electrons. The van der Waals surface area contributed by atoms with Gasteiger partial charge < -0.3 is 10.4 Å². The highest BCUT2D eigenvalue weighted by Crippen LogP contribution is 2.37. The van der Waals surface area contributed by atoms with Gasteiger partial charge in [-0.1, -0.05) is 0 Å². The number of hydrogen-bond donors (Lipinski definition) is 2. The molecule has 0 aliphatic heterocycles. The van der Waals surface area contributed by atoms with Gasteiger partial charge >= 0.3 is 12.1 Å². The number of nitrogens with one attached hydrogen (secondary N) is 1. The molecule has 0 fully saturated rings. The van der Waals surface area contributed by atoms with E-state index in [0.29, 0.717) is 6.07 Å². The smallest absolute Gasteiger partial charge is 0.416 e. The Kier molecular flexibility index (Phi) is 4.53. The van der Waals surface area contributed by atoms with E-state index in [1.165, 1.54) is 6.92 Å². The highest BCUT2D eigenvalue weighted by Gasteiger charge is 2.35. The average Bonchev–Trinajstić information content (AvgIpc) is 2.26. The van der Waals surface area contributed by atoms with Crippen LogP contribution < -0.4 is 5.32 Å². The van der Waals surface area contributed by atoms with E-state index < -0.39 is 28.3 Å². The van der Waals surface area contributed by atoms with Gasteiger partial charge in [0.25, 0.3) is 5.69 Å². The maximum atomic E-state index is 12.7. The lowest BCUT2D eigenvalue weighted by Gasteiger charge is -2.13. The van der Waals surface area contributed by atoms with E-state index in [4.69, 9.17) is 5.11 Å². The molecule has 0 amide bonds. The first-order valence-corrected chi connectivity index (χ1v) is 5.45. The van der Waals surface area contributed by atoms with E-state index >= 15 is 0 Å². The second-order valence-electron chi connectivity index (χ2n) is 4.01. The Morgan fingerprint density at radius 3 is 2.50 bits per heavy atom. The molecule has 0 aliphatic carbocycles. The number of nitro groups is 1. The molecule has 0 saturated heterocycles. The van der Waals surface area contributed by atoms with Crippen molar-refractivity contribution in [3.05, 3.63) is 33.4 Å². The molecule has 1 rings (SSSR count). The van der Waals surface area contributed by atoms with Crippen LogP contribution in [-0.4, -0.2) is 22.5 Å². The predicted molar refractivity (Wildman–Crippen MR) is 63.6 cm³/mol. The van der Waals surface area contributed by atoms with Gasteiger partial charge in [0.05, 0.1) is 16.9 Å². The number of aryl methyl sites for hydroxylation is 1. The minimum atomic E-state index is -4.69. The lowest BCUT2D eigenvalue weighted by Crippen LogP contribution is -2.12. The molecule has 2 N–H and O–H groups in total. The van der Waals surface area contributed by atoms with Crippen molar-refractivity contribution in [1.82, 2.24) is 0 Å². The zero-order valence-corrected chi connectivity index (χ0v) is 10.3. The van der Waals surface area contributed by atoms with E-state index in [-0.39, 0.29) is 24.2 Å². The number of rotatable bonds is 5. The fraction of sp³-hybridized carbons (Fsp3) is 0.364. The fourth-order valence-corrected chi connectivity index (χ4v) is 1.60. The number of hydrogen-bond acceptors (Lipinski definition) is 4. The summed E-state index contributed by atoms with van der Waals surface area (Å²) in [5, 5.41) is 21.7. The van der Waals surface area contributed by atoms with Gasteiger partial charge in [-0.2, -0.15) is 13.2 Å². The first-order chi connectivity index (χ1) is 9.12. The van der Waals surface area contributed by atoms with E-state index in [1.54, 1.807) is 0 Å². The number of aliphatic carboxylic acids is 1. The monoisotopic (exact) mass is 292 g/mol. The second kappa shape index (κ2) is 5.76. The summed E-state index contributed by atoms with van der Waals surface area (Å²) in [7, 11) is 0. The SMILES string of the molecule is Cc1cc(NCCC(=O)O)c([N+](=O)[O-])cc1C(F)(F)F. The minimum absolute atomic E-state index is 0.124. The largest absolute Gasteiger partial charge is 0.481 e. The van der Waals surface area contributed by atoms with Crippen LogP contribution in [0.1, 0.15) is 17.5 Å². The van der Waals surface area contributed by atoms with Crippen molar-refractivity contribution in [3.63, 3.8) is 0 Å². The van der Waals surface area contributed by atoms with Crippen LogP contribution in [0, 0.1) is 17.0 Å². The van der Waals surface area contributed by atoms with Gasteiger partial charge in [0, 0.05) is 12.6 Å². The van der Waals surface area contributed by atoms with Crippen LogP contribution in [0.25, 0.3) is 0 Å². The Bertz CT molecular complexity index is 543. The molecule has 0 unspecified atom stereocenters. The van der Waals surface area contributed by atoms with E-state index in [2.05, 4.69) is 5.32 Å². The Hall–Kier alpha value is -2.32. The van der Waals surface area contributed by atoms with Gasteiger partial charge in [-0.3, -0.25) is 14.9 Å². The topological polar surface area (TPSA) is 92.5 Å². The second-order valence-corrected chi connectivity index (χ2v) is 4.01. The zero-order valence-electron chi connectivity index (χ0n) is 10.3. The summed E-state index contributed by atoms with van der Waals surface area (Å²) in [6, 6.07) is 1.43. The van der Waals surface area contributed by atoms with Crippen molar-refractivity contribution in [2.24, 2.45) is 0 Å². The first-order valence-electron chi connectivity index (χ1n) is 5.45. The number of anilines is 1. The van der Waals surface area contributed by atoms with E-state index in [1.807, 2.05) is 0 Å². The summed E-state index contributed by atoms with van der Waals surface area (Å²) in [6.07, 6.45) is -4.99. The maximum Gasteiger partial charge on any atom is 0.416 e. The van der Waals surface area contributed by atoms with Gasteiger partial charge in [0.15, 0.2) is 0 Å². The standard InChI is InChI=1S/C11H11F3N2O4/c1-6-4-8(15-3-2-10(17)18)9(16(19)20)5-7(6)11(12,13)14/h4-5,15H,2-3H2,1H3,(H,17,18). The van der Waals surface area contributed by atoms with Crippen molar-refractivity contribution < 1.29 is 28.0 Å². The van der Waals surface area contributed by atoms with Crippen molar-refractivity contribution in [1.29, 1.82) is 0 Å². The number of halogens is 3. The van der Waals surface area contributed by atoms with Crippen molar-refractivity contribution in [2.75, 3.05) is 11.9 Å². The predicted octanol–water partition coefficient (Wildman–Crippen LogP) is 2.81. The van der Waals surface area contributed by atoms with Gasteiger partial charge in [-0.25, -0.2) is 0 Å². The molecule has 0 saturated carbocycles. The number of carboxylic acid groups (broad SMARTS) is 1. The maximum absolute atomic E-state index is 12.7. The van der Waals surface area contributed by atoms with Gasteiger partial charge in [0.1, 0.15) is 5.69 Å². The zero-order chi connectivity index (χ0) is 15.5. The lowest BCUT2D eigenvalue weighted by molar-refractivity contribution is -0.384. The molecule has 0 aliphatic rings. The average molecular weight is 292 g/mol. The summed E-state index contributed by atoms with van der Waals surface area (Å²) in [5.74, 6) is -1.12. The molecule has 1 aromatic carbocycles. The van der Waals surface area contributed by atoms with Crippen LogP contribution >= 0.6 is 0 Å². The molecular weight excluding hydrogens is 281 g/mol. The number of carbonyl (C=O) groups is 1. The molecule has 1 aromatic rings. The number of alkyl halides is 3. The number of benzene rings is 1. The van der Waals surface area contributed by atoms with Gasteiger partial charge in [-0.05, 0) is 18.6 Å². The fourth-order valence-electron chi connectivity index (χ4n) is 1.60. The molecule has 20 heavy (non-hydrogen) atoms. The summed E-state index contributed by atoms with van der Waals surface area (Å²) in [4.78, 5) is 20.2. The third-order valence-electron chi connectivity index (χ3n) is 2.50. The van der Waals surface area contributed by atoms with Crippen LogP contribution in [0.3, 0.4) is 0 Å². The van der Waals surface area contributed by atoms with Crippen LogP contribution in [0.15, 0.2) is 12.1 Å². The number of nitrogens with zero attached hydrogens (tertiary/aromatic N) is 1. The van der Waals surface area contributed by atoms with Crippen LogP contribution in [0.5, 0.6) is 0 Å². The number of carboxylic acids is 1. The summed E-state index contributed by atoms with van der Waals surface area (Å²) < 4.78 is 38.0. The molecule has 0 heterocycles. The van der Waals surface area contributed by atoms with Crippen LogP contribution in [0.2, 0.25) is 0 Å². The molecule has 9 heteroatoms. The Morgan fingerprint density at radius 1 is 1.45 bits per heavy atom.